The lowest BCUT2D eigenvalue weighted by molar-refractivity contribution is 0.435. The van der Waals surface area contributed by atoms with Crippen LogP contribution in [0.15, 0.2) is 48.5 Å². The molecule has 110 valence electrons. The van der Waals surface area contributed by atoms with Crippen molar-refractivity contribution in [3.8, 4) is 0 Å². The third kappa shape index (κ3) is 2.60. The van der Waals surface area contributed by atoms with Gasteiger partial charge in [-0.3, -0.25) is 0 Å². The summed E-state index contributed by atoms with van der Waals surface area (Å²) < 4.78 is 13.7. The maximum absolute atomic E-state index is 13.7. The van der Waals surface area contributed by atoms with E-state index in [1.165, 1.54) is 5.56 Å². The molecule has 3 rings (SSSR count). The van der Waals surface area contributed by atoms with Crippen LogP contribution in [0.4, 0.5) is 4.39 Å². The van der Waals surface area contributed by atoms with Crippen molar-refractivity contribution in [2.45, 2.75) is 38.1 Å². The Bertz CT molecular complexity index is 617. The standard InChI is InChI=1S/C19H22FN/c1-3-21-18(17-13-16(20)10-9-14(17)2)19(11-12-19)15-7-5-4-6-8-15/h4-10,13,18,21H,3,11-12H2,1-2H3. The average Bonchev–Trinajstić information content (AvgIpc) is 3.30. The number of nitrogens with one attached hydrogen (secondary N) is 1. The first kappa shape index (κ1) is 14.3. The molecule has 0 spiro atoms. The number of likely N-dealkylation sites (N-methyl/N-ethyl adjacent to an activating group) is 1. The second kappa shape index (κ2) is 5.61. The van der Waals surface area contributed by atoms with E-state index in [2.05, 4.69) is 49.5 Å². The van der Waals surface area contributed by atoms with E-state index in [0.717, 1.165) is 30.5 Å². The topological polar surface area (TPSA) is 12.0 Å². The molecule has 0 heterocycles. The van der Waals surface area contributed by atoms with Crippen LogP contribution in [0.1, 0.15) is 42.5 Å². The fraction of sp³-hybridized carbons (Fsp3) is 0.368. The minimum Gasteiger partial charge on any atom is -0.309 e. The number of hydrogen-bond donors (Lipinski definition) is 1. The zero-order chi connectivity index (χ0) is 14.9. The average molecular weight is 283 g/mol. The summed E-state index contributed by atoms with van der Waals surface area (Å²) in [5.74, 6) is -0.151. The van der Waals surface area contributed by atoms with Crippen molar-refractivity contribution in [3.05, 3.63) is 71.0 Å². The van der Waals surface area contributed by atoms with Crippen LogP contribution < -0.4 is 5.32 Å². The van der Waals surface area contributed by atoms with Crippen molar-refractivity contribution < 1.29 is 4.39 Å². The van der Waals surface area contributed by atoms with Crippen molar-refractivity contribution in [1.82, 2.24) is 5.32 Å². The van der Waals surface area contributed by atoms with Crippen LogP contribution in [0, 0.1) is 12.7 Å². The molecule has 0 radical (unpaired) electrons. The van der Waals surface area contributed by atoms with Crippen LogP contribution in [0.3, 0.4) is 0 Å². The smallest absolute Gasteiger partial charge is 0.123 e. The molecular weight excluding hydrogens is 261 g/mol. The van der Waals surface area contributed by atoms with E-state index in [-0.39, 0.29) is 17.3 Å². The van der Waals surface area contributed by atoms with Gasteiger partial charge in [0.05, 0.1) is 0 Å². The number of hydrogen-bond acceptors (Lipinski definition) is 1. The second-order valence-electron chi connectivity index (χ2n) is 6.01. The van der Waals surface area contributed by atoms with Crippen LogP contribution in [-0.4, -0.2) is 6.54 Å². The lowest BCUT2D eigenvalue weighted by atomic mass is 9.82. The molecule has 0 aliphatic heterocycles. The van der Waals surface area contributed by atoms with E-state index in [9.17, 15) is 4.39 Å². The fourth-order valence-corrected chi connectivity index (χ4v) is 3.38. The highest BCUT2D eigenvalue weighted by Crippen LogP contribution is 2.56. The molecule has 2 aromatic rings. The molecule has 1 aliphatic rings. The van der Waals surface area contributed by atoms with E-state index in [0.29, 0.717) is 0 Å². The van der Waals surface area contributed by atoms with Gasteiger partial charge in [-0.05, 0) is 55.1 Å². The Morgan fingerprint density at radius 2 is 1.86 bits per heavy atom. The lowest BCUT2D eigenvalue weighted by Gasteiger charge is -2.30. The SMILES string of the molecule is CCNC(c1cc(F)ccc1C)C1(c2ccccc2)CC1. The van der Waals surface area contributed by atoms with Gasteiger partial charge in [0, 0.05) is 11.5 Å². The normalized spacial score (nSPS) is 17.5. The van der Waals surface area contributed by atoms with Crippen LogP contribution in [0.5, 0.6) is 0 Å². The van der Waals surface area contributed by atoms with Crippen LogP contribution in [-0.2, 0) is 5.41 Å². The summed E-state index contributed by atoms with van der Waals surface area (Å²) in [6.07, 6.45) is 2.31. The molecule has 0 amide bonds. The summed E-state index contributed by atoms with van der Waals surface area (Å²) in [5, 5.41) is 3.60. The predicted molar refractivity (Wildman–Crippen MR) is 84.9 cm³/mol. The van der Waals surface area contributed by atoms with Crippen LogP contribution in [0.2, 0.25) is 0 Å². The minimum absolute atomic E-state index is 0.121. The zero-order valence-corrected chi connectivity index (χ0v) is 12.7. The molecule has 1 fully saturated rings. The zero-order valence-electron chi connectivity index (χ0n) is 12.7. The Morgan fingerprint density at radius 3 is 2.48 bits per heavy atom. The molecule has 1 unspecified atom stereocenters. The molecular formula is C19H22FN. The van der Waals surface area contributed by atoms with Crippen molar-refractivity contribution in [3.63, 3.8) is 0 Å². The first-order chi connectivity index (χ1) is 10.2. The van der Waals surface area contributed by atoms with Crippen molar-refractivity contribution >= 4 is 0 Å². The van der Waals surface area contributed by atoms with Crippen LogP contribution in [0.25, 0.3) is 0 Å². The molecule has 1 atom stereocenters. The van der Waals surface area contributed by atoms with Crippen LogP contribution >= 0.6 is 0 Å². The monoisotopic (exact) mass is 283 g/mol. The van der Waals surface area contributed by atoms with E-state index in [1.54, 1.807) is 12.1 Å². The fourth-order valence-electron chi connectivity index (χ4n) is 3.38. The van der Waals surface area contributed by atoms with Gasteiger partial charge in [-0.15, -0.1) is 0 Å². The number of benzene rings is 2. The quantitative estimate of drug-likeness (QED) is 0.851. The molecule has 21 heavy (non-hydrogen) atoms. The molecule has 1 nitrogen and oxygen atoms in total. The van der Waals surface area contributed by atoms with Gasteiger partial charge >= 0.3 is 0 Å². The molecule has 0 saturated heterocycles. The third-order valence-corrected chi connectivity index (χ3v) is 4.65. The Labute approximate surface area is 126 Å². The van der Waals surface area contributed by atoms with E-state index < -0.39 is 0 Å². The van der Waals surface area contributed by atoms with Gasteiger partial charge in [0.15, 0.2) is 0 Å². The first-order valence-corrected chi connectivity index (χ1v) is 7.72. The maximum Gasteiger partial charge on any atom is 0.123 e. The number of halogens is 1. The van der Waals surface area contributed by atoms with E-state index in [1.807, 2.05) is 6.07 Å². The Morgan fingerprint density at radius 1 is 1.14 bits per heavy atom. The summed E-state index contributed by atoms with van der Waals surface area (Å²) in [4.78, 5) is 0. The molecule has 1 saturated carbocycles. The molecule has 1 aliphatic carbocycles. The third-order valence-electron chi connectivity index (χ3n) is 4.65. The predicted octanol–water partition coefficient (Wildman–Crippen LogP) is 4.52. The molecule has 0 bridgehead atoms. The van der Waals surface area contributed by atoms with Gasteiger partial charge in [0.2, 0.25) is 0 Å². The molecule has 2 aromatic carbocycles. The first-order valence-electron chi connectivity index (χ1n) is 7.72. The van der Waals surface area contributed by atoms with E-state index in [4.69, 9.17) is 0 Å². The summed E-state index contributed by atoms with van der Waals surface area (Å²) in [7, 11) is 0. The summed E-state index contributed by atoms with van der Waals surface area (Å²) in [6.45, 7) is 5.07. The Kier molecular flexibility index (Phi) is 3.81. The number of rotatable bonds is 5. The van der Waals surface area contributed by atoms with E-state index >= 15 is 0 Å². The van der Waals surface area contributed by atoms with Crippen molar-refractivity contribution in [1.29, 1.82) is 0 Å². The minimum atomic E-state index is -0.151. The van der Waals surface area contributed by atoms with Gasteiger partial charge in [-0.25, -0.2) is 4.39 Å². The summed E-state index contributed by atoms with van der Waals surface area (Å²) in [5.41, 5.74) is 3.73. The Balaban J connectivity index is 2.04. The molecule has 0 aromatic heterocycles. The highest BCUT2D eigenvalue weighted by molar-refractivity contribution is 5.41. The lowest BCUT2D eigenvalue weighted by Crippen LogP contribution is -2.32. The molecule has 1 N–H and O–H groups in total. The van der Waals surface area contributed by atoms with Gasteiger partial charge in [-0.2, -0.15) is 0 Å². The van der Waals surface area contributed by atoms with Gasteiger partial charge in [-0.1, -0.05) is 43.3 Å². The highest BCUT2D eigenvalue weighted by atomic mass is 19.1. The largest absolute Gasteiger partial charge is 0.309 e. The highest BCUT2D eigenvalue weighted by Gasteiger charge is 2.51. The summed E-state index contributed by atoms with van der Waals surface area (Å²) >= 11 is 0. The Hall–Kier alpha value is -1.67. The van der Waals surface area contributed by atoms with Gasteiger partial charge in [0.25, 0.3) is 0 Å². The van der Waals surface area contributed by atoms with Gasteiger partial charge in [0.1, 0.15) is 5.82 Å². The molecule has 2 heteroatoms. The number of aryl methyl sites for hydroxylation is 1. The maximum atomic E-state index is 13.7. The van der Waals surface area contributed by atoms with Crippen molar-refractivity contribution in [2.24, 2.45) is 0 Å². The summed E-state index contributed by atoms with van der Waals surface area (Å²) in [6, 6.07) is 16.0. The second-order valence-corrected chi connectivity index (χ2v) is 6.01. The van der Waals surface area contributed by atoms with Crippen molar-refractivity contribution in [2.75, 3.05) is 6.54 Å². The van der Waals surface area contributed by atoms with Gasteiger partial charge < -0.3 is 5.32 Å².